The lowest BCUT2D eigenvalue weighted by molar-refractivity contribution is -0.870. The van der Waals surface area contributed by atoms with Gasteiger partial charge in [0.1, 0.15) is 0 Å². The van der Waals surface area contributed by atoms with Crippen LogP contribution >= 0.6 is 0 Å². The Morgan fingerprint density at radius 2 is 0.696 bits per heavy atom. The highest BCUT2D eigenvalue weighted by molar-refractivity contribution is 4.49. The van der Waals surface area contributed by atoms with Gasteiger partial charge in [0.05, 0.1) is 27.7 Å². The first-order chi connectivity index (χ1) is 10.6. The van der Waals surface area contributed by atoms with E-state index in [-0.39, 0.29) is 6.15 Å². The lowest BCUT2D eigenvalue weighted by Crippen LogP contribution is -2.35. The van der Waals surface area contributed by atoms with E-state index >= 15 is 0 Å². The molecule has 0 heterocycles. The van der Waals surface area contributed by atoms with E-state index in [1.165, 1.54) is 109 Å². The molecule has 3 N–H and O–H groups in total. The van der Waals surface area contributed by atoms with Gasteiger partial charge in [-0.3, -0.25) is 0 Å². The predicted molar refractivity (Wildman–Crippen MR) is 107 cm³/mol. The summed E-state index contributed by atoms with van der Waals surface area (Å²) in [4.78, 5) is 0. The Morgan fingerprint density at radius 3 is 0.957 bits per heavy atom. The van der Waals surface area contributed by atoms with Crippen LogP contribution in [-0.2, 0) is 0 Å². The van der Waals surface area contributed by atoms with E-state index in [9.17, 15) is 0 Å². The zero-order chi connectivity index (χ0) is 16.5. The Bertz CT molecular complexity index is 208. The van der Waals surface area contributed by atoms with Crippen molar-refractivity contribution < 1.29 is 4.48 Å². The minimum atomic E-state index is 0. The predicted octanol–water partition coefficient (Wildman–Crippen LogP) is 7.12. The van der Waals surface area contributed by atoms with Crippen molar-refractivity contribution in [1.82, 2.24) is 6.15 Å². The molecule has 0 rings (SSSR count). The standard InChI is InChI=1S/C21H46N.H3N/c1-5-6-7-8-9-10-11-12-13-14-15-16-17-18-19-20-21-22(2,3)4;/h5-21H2,1-4H3;1H3/q+1;. The summed E-state index contributed by atoms with van der Waals surface area (Å²) in [7, 11) is 6.89. The quantitative estimate of drug-likeness (QED) is 0.224. The van der Waals surface area contributed by atoms with E-state index in [1.807, 2.05) is 0 Å². The molecule has 0 aliphatic rings. The number of nitrogens with zero attached hydrogens (tertiary/aromatic N) is 1. The van der Waals surface area contributed by atoms with E-state index in [0.717, 1.165) is 4.48 Å². The van der Waals surface area contributed by atoms with Crippen LogP contribution < -0.4 is 6.15 Å². The largest absolute Gasteiger partial charge is 0.344 e. The molecule has 2 nitrogen and oxygen atoms in total. The third kappa shape index (κ3) is 24.3. The van der Waals surface area contributed by atoms with Gasteiger partial charge in [-0.15, -0.1) is 0 Å². The van der Waals surface area contributed by atoms with Crippen molar-refractivity contribution >= 4 is 0 Å². The summed E-state index contributed by atoms with van der Waals surface area (Å²) in [6, 6.07) is 0. The molecule has 0 fully saturated rings. The van der Waals surface area contributed by atoms with E-state index in [4.69, 9.17) is 0 Å². The van der Waals surface area contributed by atoms with Crippen LogP contribution in [0.4, 0.5) is 0 Å². The molecule has 0 saturated heterocycles. The van der Waals surface area contributed by atoms with E-state index in [1.54, 1.807) is 0 Å². The van der Waals surface area contributed by atoms with Crippen molar-refractivity contribution in [3.8, 4) is 0 Å². The number of quaternary nitrogens is 1. The minimum Gasteiger partial charge on any atom is -0.344 e. The third-order valence-corrected chi connectivity index (χ3v) is 4.68. The molecule has 23 heavy (non-hydrogen) atoms. The molecule has 0 aliphatic carbocycles. The van der Waals surface area contributed by atoms with Crippen molar-refractivity contribution in [2.75, 3.05) is 27.7 Å². The average molecular weight is 330 g/mol. The van der Waals surface area contributed by atoms with Crippen LogP contribution in [-0.4, -0.2) is 32.2 Å². The van der Waals surface area contributed by atoms with Gasteiger partial charge in [-0.2, -0.15) is 0 Å². The summed E-state index contributed by atoms with van der Waals surface area (Å²) in [5.41, 5.74) is 0. The molecule has 0 atom stereocenters. The average Bonchev–Trinajstić information content (AvgIpc) is 2.45. The first kappa shape index (κ1) is 25.2. The summed E-state index contributed by atoms with van der Waals surface area (Å²) < 4.78 is 1.12. The third-order valence-electron chi connectivity index (χ3n) is 4.68. The molecule has 142 valence electrons. The summed E-state index contributed by atoms with van der Waals surface area (Å²) in [5.74, 6) is 0. The van der Waals surface area contributed by atoms with Gasteiger partial charge < -0.3 is 10.6 Å². The van der Waals surface area contributed by atoms with Gasteiger partial charge in [-0.1, -0.05) is 96.8 Å². The minimum absolute atomic E-state index is 0. The fourth-order valence-corrected chi connectivity index (χ4v) is 3.13. The monoisotopic (exact) mass is 329 g/mol. The topological polar surface area (TPSA) is 35.0 Å². The number of hydrogen-bond acceptors (Lipinski definition) is 1. The molecule has 0 bridgehead atoms. The molecule has 0 saturated carbocycles. The molecular formula is C21H49N2+. The smallest absolute Gasteiger partial charge is 0.0780 e. The van der Waals surface area contributed by atoms with Gasteiger partial charge >= 0.3 is 0 Å². The van der Waals surface area contributed by atoms with Crippen LogP contribution in [0.1, 0.15) is 110 Å². The van der Waals surface area contributed by atoms with E-state index in [0.29, 0.717) is 0 Å². The Balaban J connectivity index is 0. The van der Waals surface area contributed by atoms with Gasteiger partial charge in [-0.05, 0) is 12.8 Å². The van der Waals surface area contributed by atoms with Gasteiger partial charge in [0.15, 0.2) is 0 Å². The Labute approximate surface area is 148 Å². The van der Waals surface area contributed by atoms with Gasteiger partial charge in [0.25, 0.3) is 0 Å². The summed E-state index contributed by atoms with van der Waals surface area (Å²) >= 11 is 0. The molecule has 0 radical (unpaired) electrons. The van der Waals surface area contributed by atoms with Crippen LogP contribution in [0.5, 0.6) is 0 Å². The van der Waals surface area contributed by atoms with Crippen LogP contribution in [0.25, 0.3) is 0 Å². The highest BCUT2D eigenvalue weighted by Crippen LogP contribution is 2.13. The number of rotatable bonds is 17. The second-order valence-electron chi connectivity index (χ2n) is 8.32. The first-order valence-corrected chi connectivity index (χ1v) is 10.4. The van der Waals surface area contributed by atoms with Crippen molar-refractivity contribution in [2.24, 2.45) is 0 Å². The van der Waals surface area contributed by atoms with Crippen LogP contribution in [0.2, 0.25) is 0 Å². The van der Waals surface area contributed by atoms with Crippen molar-refractivity contribution in [2.45, 2.75) is 110 Å². The lowest BCUT2D eigenvalue weighted by atomic mass is 10.0. The molecule has 0 unspecified atom stereocenters. The fourth-order valence-electron chi connectivity index (χ4n) is 3.13. The molecule has 0 spiro atoms. The summed E-state index contributed by atoms with van der Waals surface area (Å²) in [6.07, 6.45) is 23.4. The van der Waals surface area contributed by atoms with Crippen molar-refractivity contribution in [3.05, 3.63) is 0 Å². The van der Waals surface area contributed by atoms with Gasteiger partial charge in [0.2, 0.25) is 0 Å². The Morgan fingerprint density at radius 1 is 0.435 bits per heavy atom. The highest BCUT2D eigenvalue weighted by Gasteiger charge is 2.04. The van der Waals surface area contributed by atoms with Crippen molar-refractivity contribution in [3.63, 3.8) is 0 Å². The Hall–Kier alpha value is -0.0800. The zero-order valence-electron chi connectivity index (χ0n) is 17.2. The lowest BCUT2D eigenvalue weighted by Gasteiger charge is -2.23. The van der Waals surface area contributed by atoms with Crippen LogP contribution in [0.3, 0.4) is 0 Å². The zero-order valence-corrected chi connectivity index (χ0v) is 17.2. The summed E-state index contributed by atoms with van der Waals surface area (Å²) in [5, 5.41) is 0. The maximum Gasteiger partial charge on any atom is 0.0780 e. The molecule has 2 heteroatoms. The second-order valence-corrected chi connectivity index (χ2v) is 8.32. The maximum absolute atomic E-state index is 2.30. The number of unbranched alkanes of at least 4 members (excludes halogenated alkanes) is 15. The van der Waals surface area contributed by atoms with E-state index in [2.05, 4.69) is 28.1 Å². The fraction of sp³-hybridized carbons (Fsp3) is 1.00. The molecule has 0 amide bonds. The summed E-state index contributed by atoms with van der Waals surface area (Å²) in [6.45, 7) is 3.63. The first-order valence-electron chi connectivity index (χ1n) is 10.4. The van der Waals surface area contributed by atoms with Crippen LogP contribution in [0.15, 0.2) is 0 Å². The van der Waals surface area contributed by atoms with Gasteiger partial charge in [-0.25, -0.2) is 0 Å². The van der Waals surface area contributed by atoms with Gasteiger partial charge in [0, 0.05) is 0 Å². The highest BCUT2D eigenvalue weighted by atomic mass is 15.3. The molecular weight excluding hydrogens is 280 g/mol. The number of hydrogen-bond donors (Lipinski definition) is 1. The normalized spacial score (nSPS) is 11.5. The van der Waals surface area contributed by atoms with E-state index < -0.39 is 0 Å². The molecule has 0 aromatic heterocycles. The molecule has 0 aromatic rings. The molecule has 0 aromatic carbocycles. The Kier molecular flexibility index (Phi) is 20.0. The SMILES string of the molecule is CCCCCCCCCCCCCCCCCC[N+](C)(C)C.N. The maximum atomic E-state index is 2.30. The second kappa shape index (κ2) is 18.3. The van der Waals surface area contributed by atoms with Crippen molar-refractivity contribution in [1.29, 1.82) is 0 Å². The molecule has 0 aliphatic heterocycles. The van der Waals surface area contributed by atoms with Crippen LogP contribution in [0, 0.1) is 0 Å².